The molecular formula is C14H9ClFN3. The molecular weight excluding hydrogens is 265 g/mol. The van der Waals surface area contributed by atoms with Gasteiger partial charge in [0.05, 0.1) is 16.2 Å². The van der Waals surface area contributed by atoms with Crippen molar-refractivity contribution in [3.63, 3.8) is 0 Å². The highest BCUT2D eigenvalue weighted by molar-refractivity contribution is 6.35. The summed E-state index contributed by atoms with van der Waals surface area (Å²) in [6.07, 6.45) is 1.68. The Morgan fingerprint density at radius 3 is 2.79 bits per heavy atom. The van der Waals surface area contributed by atoms with Crippen LogP contribution in [0.4, 0.5) is 15.9 Å². The number of fused-ring (bicyclic) bond motifs is 1. The Hall–Kier alpha value is -2.20. The number of nitrogens with zero attached hydrogens (tertiary/aromatic N) is 2. The first-order chi connectivity index (χ1) is 9.24. The summed E-state index contributed by atoms with van der Waals surface area (Å²) in [7, 11) is 0. The number of anilines is 2. The zero-order valence-corrected chi connectivity index (χ0v) is 10.5. The van der Waals surface area contributed by atoms with Crippen molar-refractivity contribution in [3.05, 3.63) is 59.6 Å². The number of benzene rings is 1. The van der Waals surface area contributed by atoms with Crippen LogP contribution in [0.3, 0.4) is 0 Å². The van der Waals surface area contributed by atoms with Gasteiger partial charge in [-0.15, -0.1) is 0 Å². The minimum atomic E-state index is -0.531. The standard InChI is InChI=1S/C14H9ClFN3/c15-10-6-7-11(14-9(10)3-2-8-17-14)18-13-5-1-4-12(16)19-13/h1-8H,(H,18,19). The van der Waals surface area contributed by atoms with Crippen LogP contribution in [0.1, 0.15) is 0 Å². The number of pyridine rings is 2. The Morgan fingerprint density at radius 1 is 1.05 bits per heavy atom. The highest BCUT2D eigenvalue weighted by Crippen LogP contribution is 2.29. The lowest BCUT2D eigenvalue weighted by atomic mass is 10.2. The summed E-state index contributed by atoms with van der Waals surface area (Å²) < 4.78 is 13.1. The van der Waals surface area contributed by atoms with Crippen LogP contribution in [-0.2, 0) is 0 Å². The molecule has 0 amide bonds. The zero-order valence-electron chi connectivity index (χ0n) is 9.77. The molecule has 0 saturated carbocycles. The summed E-state index contributed by atoms with van der Waals surface area (Å²) in [6, 6.07) is 11.8. The largest absolute Gasteiger partial charge is 0.338 e. The highest BCUT2D eigenvalue weighted by atomic mass is 35.5. The third-order valence-electron chi connectivity index (χ3n) is 2.69. The number of rotatable bonds is 2. The van der Waals surface area contributed by atoms with Crippen LogP contribution in [0.5, 0.6) is 0 Å². The van der Waals surface area contributed by atoms with E-state index >= 15 is 0 Å². The monoisotopic (exact) mass is 273 g/mol. The first kappa shape index (κ1) is 11.9. The SMILES string of the molecule is Fc1cccc(Nc2ccc(Cl)c3cccnc23)n1. The minimum Gasteiger partial charge on any atom is -0.338 e. The van der Waals surface area contributed by atoms with Crippen LogP contribution in [0, 0.1) is 5.95 Å². The Labute approximate surface area is 114 Å². The van der Waals surface area contributed by atoms with Gasteiger partial charge in [-0.2, -0.15) is 4.39 Å². The predicted molar refractivity (Wildman–Crippen MR) is 74.2 cm³/mol. The van der Waals surface area contributed by atoms with E-state index in [1.807, 2.05) is 12.1 Å². The number of hydrogen-bond acceptors (Lipinski definition) is 3. The molecule has 1 N–H and O–H groups in total. The molecule has 2 heterocycles. The van der Waals surface area contributed by atoms with E-state index in [1.165, 1.54) is 6.07 Å². The maximum atomic E-state index is 13.1. The average Bonchev–Trinajstić information content (AvgIpc) is 2.42. The van der Waals surface area contributed by atoms with Crippen LogP contribution in [0.2, 0.25) is 5.02 Å². The van der Waals surface area contributed by atoms with Gasteiger partial charge in [0.25, 0.3) is 0 Å². The molecule has 0 aliphatic rings. The fourth-order valence-corrected chi connectivity index (χ4v) is 2.07. The molecule has 3 rings (SSSR count). The van der Waals surface area contributed by atoms with Crippen molar-refractivity contribution < 1.29 is 4.39 Å². The lowest BCUT2D eigenvalue weighted by Gasteiger charge is -2.09. The molecule has 3 nitrogen and oxygen atoms in total. The lowest BCUT2D eigenvalue weighted by molar-refractivity contribution is 0.585. The van der Waals surface area contributed by atoms with E-state index in [2.05, 4.69) is 15.3 Å². The number of nitrogens with one attached hydrogen (secondary N) is 1. The van der Waals surface area contributed by atoms with E-state index in [9.17, 15) is 4.39 Å². The van der Waals surface area contributed by atoms with E-state index < -0.39 is 5.95 Å². The molecule has 0 aliphatic carbocycles. The smallest absolute Gasteiger partial charge is 0.214 e. The molecule has 5 heteroatoms. The van der Waals surface area contributed by atoms with Crippen molar-refractivity contribution in [3.8, 4) is 0 Å². The molecule has 0 atom stereocenters. The van der Waals surface area contributed by atoms with Crippen molar-refractivity contribution in [1.82, 2.24) is 9.97 Å². The number of halogens is 2. The van der Waals surface area contributed by atoms with Crippen LogP contribution in [0.25, 0.3) is 10.9 Å². The van der Waals surface area contributed by atoms with E-state index in [0.29, 0.717) is 10.8 Å². The second kappa shape index (κ2) is 4.82. The molecule has 2 aromatic heterocycles. The molecule has 3 aromatic rings. The lowest BCUT2D eigenvalue weighted by Crippen LogP contribution is -1.96. The molecule has 1 aromatic carbocycles. The first-order valence-corrected chi connectivity index (χ1v) is 6.04. The van der Waals surface area contributed by atoms with E-state index in [-0.39, 0.29) is 0 Å². The second-order valence-electron chi connectivity index (χ2n) is 3.97. The van der Waals surface area contributed by atoms with E-state index in [1.54, 1.807) is 30.5 Å². The molecule has 0 bridgehead atoms. The van der Waals surface area contributed by atoms with Crippen LogP contribution in [0.15, 0.2) is 48.7 Å². The van der Waals surface area contributed by atoms with Gasteiger partial charge in [0.1, 0.15) is 5.82 Å². The van der Waals surface area contributed by atoms with Crippen molar-refractivity contribution in [2.75, 3.05) is 5.32 Å². The average molecular weight is 274 g/mol. The predicted octanol–water partition coefficient (Wildman–Crippen LogP) is 4.17. The molecule has 0 unspecified atom stereocenters. The fraction of sp³-hybridized carbons (Fsp3) is 0. The van der Waals surface area contributed by atoms with E-state index in [4.69, 9.17) is 11.6 Å². The normalized spacial score (nSPS) is 10.6. The molecule has 0 fully saturated rings. The van der Waals surface area contributed by atoms with Gasteiger partial charge in [-0.25, -0.2) is 4.98 Å². The Morgan fingerprint density at radius 2 is 1.95 bits per heavy atom. The summed E-state index contributed by atoms with van der Waals surface area (Å²) in [6.45, 7) is 0. The quantitative estimate of drug-likeness (QED) is 0.712. The summed E-state index contributed by atoms with van der Waals surface area (Å²) in [5.41, 5.74) is 1.46. The Bertz CT molecular complexity index is 746. The first-order valence-electron chi connectivity index (χ1n) is 5.67. The van der Waals surface area contributed by atoms with Crippen molar-refractivity contribution in [2.24, 2.45) is 0 Å². The van der Waals surface area contributed by atoms with Gasteiger partial charge >= 0.3 is 0 Å². The molecule has 0 aliphatic heterocycles. The highest BCUT2D eigenvalue weighted by Gasteiger charge is 2.06. The van der Waals surface area contributed by atoms with Gasteiger partial charge in [-0.05, 0) is 36.4 Å². The number of aromatic nitrogens is 2. The minimum absolute atomic E-state index is 0.425. The van der Waals surface area contributed by atoms with Crippen molar-refractivity contribution in [1.29, 1.82) is 0 Å². The molecule has 0 radical (unpaired) electrons. The van der Waals surface area contributed by atoms with Gasteiger partial charge in [-0.3, -0.25) is 4.98 Å². The second-order valence-corrected chi connectivity index (χ2v) is 4.37. The Kier molecular flexibility index (Phi) is 3.01. The summed E-state index contributed by atoms with van der Waals surface area (Å²) in [5.74, 6) is -0.106. The van der Waals surface area contributed by atoms with E-state index in [0.717, 1.165) is 16.6 Å². The summed E-state index contributed by atoms with van der Waals surface area (Å²) >= 11 is 6.11. The third kappa shape index (κ3) is 2.35. The van der Waals surface area contributed by atoms with Crippen molar-refractivity contribution in [2.45, 2.75) is 0 Å². The van der Waals surface area contributed by atoms with Crippen LogP contribution < -0.4 is 5.32 Å². The number of hydrogen-bond donors (Lipinski definition) is 1. The fourth-order valence-electron chi connectivity index (χ4n) is 1.85. The summed E-state index contributed by atoms with van der Waals surface area (Å²) in [5, 5.41) is 4.51. The third-order valence-corrected chi connectivity index (χ3v) is 3.02. The molecule has 0 saturated heterocycles. The van der Waals surface area contributed by atoms with Gasteiger partial charge < -0.3 is 5.32 Å². The van der Waals surface area contributed by atoms with Gasteiger partial charge in [0.15, 0.2) is 0 Å². The van der Waals surface area contributed by atoms with Gasteiger partial charge in [-0.1, -0.05) is 17.7 Å². The van der Waals surface area contributed by atoms with Gasteiger partial charge in [0, 0.05) is 11.6 Å². The maximum Gasteiger partial charge on any atom is 0.214 e. The molecule has 19 heavy (non-hydrogen) atoms. The van der Waals surface area contributed by atoms with Crippen molar-refractivity contribution >= 4 is 34.0 Å². The van der Waals surface area contributed by atoms with Crippen LogP contribution in [-0.4, -0.2) is 9.97 Å². The van der Waals surface area contributed by atoms with Crippen LogP contribution >= 0.6 is 11.6 Å². The molecule has 0 spiro atoms. The molecule has 94 valence electrons. The maximum absolute atomic E-state index is 13.1. The summed E-state index contributed by atoms with van der Waals surface area (Å²) in [4.78, 5) is 8.05. The van der Waals surface area contributed by atoms with Gasteiger partial charge in [0.2, 0.25) is 5.95 Å². The Balaban J connectivity index is 2.09. The zero-order chi connectivity index (χ0) is 13.2. The topological polar surface area (TPSA) is 37.8 Å².